The molecular weight excluding hydrogens is 454 g/mol. The van der Waals surface area contributed by atoms with E-state index in [9.17, 15) is 0 Å². The van der Waals surface area contributed by atoms with E-state index in [2.05, 4.69) is 38.0 Å². The Hall–Kier alpha value is -3.71. The van der Waals surface area contributed by atoms with Crippen molar-refractivity contribution in [3.05, 3.63) is 95.2 Å². The fourth-order valence-corrected chi connectivity index (χ4v) is 3.90. The van der Waals surface area contributed by atoms with Crippen LogP contribution in [-0.4, -0.2) is 19.7 Å². The largest absolute Gasteiger partial charge is 0.457 e. The Morgan fingerprint density at radius 2 is 1.65 bits per heavy atom. The molecular formula is C24H18BrN5O. The van der Waals surface area contributed by atoms with Crippen molar-refractivity contribution in [2.75, 3.05) is 5.73 Å². The highest BCUT2D eigenvalue weighted by Crippen LogP contribution is 2.32. The molecule has 0 atom stereocenters. The number of para-hydroxylation sites is 1. The van der Waals surface area contributed by atoms with E-state index in [-0.39, 0.29) is 0 Å². The Kier molecular flexibility index (Phi) is 5.09. The van der Waals surface area contributed by atoms with E-state index in [1.54, 1.807) is 0 Å². The summed E-state index contributed by atoms with van der Waals surface area (Å²) in [6.45, 7) is 0.571. The van der Waals surface area contributed by atoms with Gasteiger partial charge in [-0.05, 0) is 54.1 Å². The number of hydrogen-bond acceptors (Lipinski definition) is 5. The lowest BCUT2D eigenvalue weighted by molar-refractivity contribution is 0.483. The van der Waals surface area contributed by atoms with Gasteiger partial charge in [-0.2, -0.15) is 5.10 Å². The maximum Gasteiger partial charge on any atom is 0.164 e. The summed E-state index contributed by atoms with van der Waals surface area (Å²) in [6.07, 6.45) is 1.47. The summed E-state index contributed by atoms with van der Waals surface area (Å²) < 4.78 is 8.77. The number of rotatable bonds is 5. The van der Waals surface area contributed by atoms with Crippen LogP contribution in [0, 0.1) is 0 Å². The fraction of sp³-hybridized carbons (Fsp3) is 0.0417. The maximum atomic E-state index is 6.22. The predicted octanol–water partition coefficient (Wildman–Crippen LogP) is 5.68. The molecule has 0 spiro atoms. The first-order valence-corrected chi connectivity index (χ1v) is 10.5. The third kappa shape index (κ3) is 4.00. The summed E-state index contributed by atoms with van der Waals surface area (Å²) in [7, 11) is 0. The smallest absolute Gasteiger partial charge is 0.164 e. The Labute approximate surface area is 187 Å². The third-order valence-electron chi connectivity index (χ3n) is 4.89. The summed E-state index contributed by atoms with van der Waals surface area (Å²) in [5, 5.41) is 5.58. The van der Waals surface area contributed by atoms with Gasteiger partial charge in [0.15, 0.2) is 5.65 Å². The Bertz CT molecular complexity index is 1350. The lowest BCUT2D eigenvalue weighted by Gasteiger charge is -2.06. The number of nitrogens with zero attached hydrogens (tertiary/aromatic N) is 4. The second-order valence-corrected chi connectivity index (χ2v) is 7.95. The molecule has 0 aliphatic carbocycles. The van der Waals surface area contributed by atoms with Crippen LogP contribution in [0.3, 0.4) is 0 Å². The quantitative estimate of drug-likeness (QED) is 0.356. The molecule has 2 aromatic heterocycles. The first kappa shape index (κ1) is 19.3. The summed E-state index contributed by atoms with van der Waals surface area (Å²) in [4.78, 5) is 8.64. The Balaban J connectivity index is 1.52. The van der Waals surface area contributed by atoms with Crippen LogP contribution < -0.4 is 10.5 Å². The van der Waals surface area contributed by atoms with Crippen molar-refractivity contribution >= 4 is 32.8 Å². The molecule has 7 heteroatoms. The number of halogens is 1. The standard InChI is InChI=1S/C24H18BrN5O/c25-18-6-4-5-16(13-18)14-30-24-21(23(26)27-15-28-24)22(29-30)17-9-11-20(12-10-17)31-19-7-2-1-3-8-19/h1-13,15H,14H2,(H2,26,27,28). The van der Waals surface area contributed by atoms with Crippen molar-refractivity contribution in [3.63, 3.8) is 0 Å². The van der Waals surface area contributed by atoms with Crippen molar-refractivity contribution < 1.29 is 4.74 Å². The normalized spacial score (nSPS) is 11.0. The van der Waals surface area contributed by atoms with E-state index >= 15 is 0 Å². The molecule has 0 amide bonds. The first-order valence-electron chi connectivity index (χ1n) is 9.72. The highest BCUT2D eigenvalue weighted by molar-refractivity contribution is 9.10. The predicted molar refractivity (Wildman–Crippen MR) is 125 cm³/mol. The molecule has 0 unspecified atom stereocenters. The van der Waals surface area contributed by atoms with Gasteiger partial charge in [-0.25, -0.2) is 14.6 Å². The van der Waals surface area contributed by atoms with Gasteiger partial charge in [0.05, 0.1) is 11.9 Å². The molecule has 5 aromatic rings. The van der Waals surface area contributed by atoms with E-state index in [1.165, 1.54) is 6.33 Å². The molecule has 0 aliphatic rings. The van der Waals surface area contributed by atoms with Crippen molar-refractivity contribution in [3.8, 4) is 22.8 Å². The zero-order valence-electron chi connectivity index (χ0n) is 16.4. The summed E-state index contributed by atoms with van der Waals surface area (Å²) in [6, 6.07) is 25.6. The number of fused-ring (bicyclic) bond motifs is 1. The average Bonchev–Trinajstić information content (AvgIpc) is 3.15. The molecule has 0 radical (unpaired) electrons. The van der Waals surface area contributed by atoms with Crippen LogP contribution in [0.4, 0.5) is 5.82 Å². The van der Waals surface area contributed by atoms with Gasteiger partial charge in [0.2, 0.25) is 0 Å². The summed E-state index contributed by atoms with van der Waals surface area (Å²) in [5.74, 6) is 1.94. The lowest BCUT2D eigenvalue weighted by atomic mass is 10.1. The molecule has 152 valence electrons. The number of ether oxygens (including phenoxy) is 1. The molecule has 31 heavy (non-hydrogen) atoms. The monoisotopic (exact) mass is 471 g/mol. The minimum absolute atomic E-state index is 0.408. The number of nitrogens with two attached hydrogens (primary N) is 1. The maximum absolute atomic E-state index is 6.22. The van der Waals surface area contributed by atoms with Gasteiger partial charge in [0.1, 0.15) is 29.3 Å². The number of benzene rings is 3. The molecule has 0 bridgehead atoms. The van der Waals surface area contributed by atoms with Crippen LogP contribution in [0.15, 0.2) is 89.7 Å². The Morgan fingerprint density at radius 3 is 2.42 bits per heavy atom. The highest BCUT2D eigenvalue weighted by atomic mass is 79.9. The minimum atomic E-state index is 0.408. The fourth-order valence-electron chi connectivity index (χ4n) is 3.46. The van der Waals surface area contributed by atoms with Crippen LogP contribution in [-0.2, 0) is 6.54 Å². The van der Waals surface area contributed by atoms with Gasteiger partial charge in [-0.1, -0.05) is 46.3 Å². The van der Waals surface area contributed by atoms with Crippen molar-refractivity contribution in [2.24, 2.45) is 0 Å². The van der Waals surface area contributed by atoms with Crippen LogP contribution >= 0.6 is 15.9 Å². The Morgan fingerprint density at radius 1 is 0.871 bits per heavy atom. The highest BCUT2D eigenvalue weighted by Gasteiger charge is 2.17. The number of aromatic nitrogens is 4. The molecule has 2 heterocycles. The number of anilines is 1. The molecule has 0 saturated carbocycles. The van der Waals surface area contributed by atoms with Crippen LogP contribution in [0.2, 0.25) is 0 Å². The molecule has 3 aromatic carbocycles. The molecule has 2 N–H and O–H groups in total. The molecule has 6 nitrogen and oxygen atoms in total. The van der Waals surface area contributed by atoms with Crippen LogP contribution in [0.25, 0.3) is 22.3 Å². The molecule has 0 fully saturated rings. The van der Waals surface area contributed by atoms with Crippen LogP contribution in [0.5, 0.6) is 11.5 Å². The second-order valence-electron chi connectivity index (χ2n) is 7.03. The first-order chi connectivity index (χ1) is 15.2. The van der Waals surface area contributed by atoms with Crippen LogP contribution in [0.1, 0.15) is 5.56 Å². The zero-order chi connectivity index (χ0) is 21.2. The van der Waals surface area contributed by atoms with Crippen molar-refractivity contribution in [2.45, 2.75) is 6.54 Å². The van der Waals surface area contributed by atoms with E-state index < -0.39 is 0 Å². The van der Waals surface area contributed by atoms with E-state index in [0.29, 0.717) is 18.0 Å². The van der Waals surface area contributed by atoms with Gasteiger partial charge in [-0.15, -0.1) is 0 Å². The topological polar surface area (TPSA) is 78.8 Å². The van der Waals surface area contributed by atoms with Gasteiger partial charge in [0, 0.05) is 10.0 Å². The SMILES string of the molecule is Nc1ncnc2c1c(-c1ccc(Oc3ccccc3)cc1)nn2Cc1cccc(Br)c1. The number of nitrogen functional groups attached to an aromatic ring is 1. The zero-order valence-corrected chi connectivity index (χ0v) is 18.0. The number of hydrogen-bond donors (Lipinski definition) is 1. The van der Waals surface area contributed by atoms with E-state index in [0.717, 1.165) is 38.2 Å². The van der Waals surface area contributed by atoms with E-state index in [4.69, 9.17) is 15.6 Å². The van der Waals surface area contributed by atoms with Gasteiger partial charge in [-0.3, -0.25) is 0 Å². The molecule has 0 saturated heterocycles. The average molecular weight is 472 g/mol. The van der Waals surface area contributed by atoms with Gasteiger partial charge >= 0.3 is 0 Å². The molecule has 5 rings (SSSR count). The third-order valence-corrected chi connectivity index (χ3v) is 5.38. The summed E-state index contributed by atoms with van der Waals surface area (Å²) >= 11 is 3.52. The van der Waals surface area contributed by atoms with Crippen molar-refractivity contribution in [1.29, 1.82) is 0 Å². The molecule has 0 aliphatic heterocycles. The van der Waals surface area contributed by atoms with Gasteiger partial charge in [0.25, 0.3) is 0 Å². The summed E-state index contributed by atoms with van der Waals surface area (Å²) in [5.41, 5.74) is 9.69. The minimum Gasteiger partial charge on any atom is -0.457 e. The second kappa shape index (κ2) is 8.20. The van der Waals surface area contributed by atoms with Gasteiger partial charge < -0.3 is 10.5 Å². The lowest BCUT2D eigenvalue weighted by Crippen LogP contribution is -2.03. The van der Waals surface area contributed by atoms with Crippen molar-refractivity contribution in [1.82, 2.24) is 19.7 Å². The van der Waals surface area contributed by atoms with E-state index in [1.807, 2.05) is 71.4 Å².